The molecule has 1 fully saturated rings. The lowest BCUT2D eigenvalue weighted by atomic mass is 10.2. The average Bonchev–Trinajstić information content (AvgIpc) is 2.79. The number of halogens is 3. The molecule has 0 aromatic heterocycles. The molecule has 1 saturated heterocycles. The van der Waals surface area contributed by atoms with E-state index in [4.69, 9.17) is 20.2 Å². The highest BCUT2D eigenvalue weighted by atomic mass is 35.7. The first-order valence-electron chi connectivity index (χ1n) is 5.51. The Bertz CT molecular complexity index is 640. The first-order chi connectivity index (χ1) is 9.29. The van der Waals surface area contributed by atoms with Crippen LogP contribution in [0.15, 0.2) is 17.0 Å². The molecule has 1 aliphatic rings. The third-order valence-corrected chi connectivity index (χ3v) is 4.00. The van der Waals surface area contributed by atoms with Crippen LogP contribution in [0.2, 0.25) is 0 Å². The molecule has 1 unspecified atom stereocenters. The predicted molar refractivity (Wildman–Crippen MR) is 64.0 cm³/mol. The van der Waals surface area contributed by atoms with Crippen molar-refractivity contribution in [3.05, 3.63) is 29.3 Å². The van der Waals surface area contributed by atoms with E-state index in [2.05, 4.69) is 0 Å². The van der Waals surface area contributed by atoms with Crippen molar-refractivity contribution in [3.63, 3.8) is 0 Å². The summed E-state index contributed by atoms with van der Waals surface area (Å²) in [5, 5.41) is 0. The topological polar surface area (TPSA) is 69.7 Å². The third-order valence-electron chi connectivity index (χ3n) is 2.67. The van der Waals surface area contributed by atoms with E-state index in [0.29, 0.717) is 19.1 Å². The SMILES string of the molecule is O=C(OC1CCOC1)c1cc(S(=O)(=O)Cl)c(F)cc1F. The molecule has 1 aromatic rings. The lowest BCUT2D eigenvalue weighted by Crippen LogP contribution is -2.19. The smallest absolute Gasteiger partial charge is 0.341 e. The first kappa shape index (κ1) is 15.1. The highest BCUT2D eigenvalue weighted by Gasteiger charge is 2.26. The standard InChI is InChI=1S/C11H9ClF2O5S/c12-20(16,17)10-3-7(8(13)4-9(10)14)11(15)19-6-1-2-18-5-6/h3-4,6H,1-2,5H2. The van der Waals surface area contributed by atoms with Gasteiger partial charge >= 0.3 is 5.97 Å². The van der Waals surface area contributed by atoms with Crippen LogP contribution in [0.3, 0.4) is 0 Å². The maximum Gasteiger partial charge on any atom is 0.341 e. The zero-order chi connectivity index (χ0) is 14.9. The van der Waals surface area contributed by atoms with E-state index in [9.17, 15) is 22.0 Å². The Balaban J connectivity index is 2.33. The minimum absolute atomic E-state index is 0.176. The van der Waals surface area contributed by atoms with Gasteiger partial charge in [-0.3, -0.25) is 0 Å². The van der Waals surface area contributed by atoms with Crippen LogP contribution in [-0.4, -0.2) is 33.7 Å². The minimum atomic E-state index is -4.44. The maximum absolute atomic E-state index is 13.5. The van der Waals surface area contributed by atoms with Crippen molar-refractivity contribution in [1.82, 2.24) is 0 Å². The van der Waals surface area contributed by atoms with Crippen LogP contribution in [0.5, 0.6) is 0 Å². The molecule has 0 N–H and O–H groups in total. The second kappa shape index (κ2) is 5.63. The number of carbonyl (C=O) groups is 1. The monoisotopic (exact) mass is 326 g/mol. The van der Waals surface area contributed by atoms with Crippen LogP contribution < -0.4 is 0 Å². The van der Waals surface area contributed by atoms with Crippen molar-refractivity contribution < 1.29 is 31.5 Å². The summed E-state index contributed by atoms with van der Waals surface area (Å²) < 4.78 is 59.0. The minimum Gasteiger partial charge on any atom is -0.456 e. The molecule has 0 saturated carbocycles. The number of rotatable bonds is 3. The molecule has 110 valence electrons. The quantitative estimate of drug-likeness (QED) is 0.626. The van der Waals surface area contributed by atoms with Crippen LogP contribution in [0.4, 0.5) is 8.78 Å². The summed E-state index contributed by atoms with van der Waals surface area (Å²) in [6, 6.07) is 0.794. The number of hydrogen-bond acceptors (Lipinski definition) is 5. The second-order valence-electron chi connectivity index (χ2n) is 4.09. The van der Waals surface area contributed by atoms with Crippen LogP contribution in [0.25, 0.3) is 0 Å². The molecule has 0 radical (unpaired) electrons. The van der Waals surface area contributed by atoms with Gasteiger partial charge in [-0.15, -0.1) is 0 Å². The molecular weight excluding hydrogens is 318 g/mol. The van der Waals surface area contributed by atoms with Gasteiger partial charge in [0.25, 0.3) is 9.05 Å². The summed E-state index contributed by atoms with van der Waals surface area (Å²) in [6.07, 6.45) is -0.0853. The van der Waals surface area contributed by atoms with Crippen molar-refractivity contribution in [2.45, 2.75) is 17.4 Å². The zero-order valence-electron chi connectivity index (χ0n) is 9.94. The molecule has 9 heteroatoms. The molecular formula is C11H9ClF2O5S. The van der Waals surface area contributed by atoms with Gasteiger partial charge in [-0.1, -0.05) is 0 Å². The molecule has 20 heavy (non-hydrogen) atoms. The van der Waals surface area contributed by atoms with E-state index < -0.39 is 43.2 Å². The Labute approximate surface area is 117 Å². The Kier molecular flexibility index (Phi) is 4.26. The molecule has 1 heterocycles. The summed E-state index contributed by atoms with van der Waals surface area (Å²) in [4.78, 5) is 10.8. The van der Waals surface area contributed by atoms with Crippen molar-refractivity contribution in [2.24, 2.45) is 0 Å². The molecule has 5 nitrogen and oxygen atoms in total. The lowest BCUT2D eigenvalue weighted by molar-refractivity contribution is 0.0265. The first-order valence-corrected chi connectivity index (χ1v) is 7.82. The van der Waals surface area contributed by atoms with Crippen LogP contribution in [0, 0.1) is 11.6 Å². The van der Waals surface area contributed by atoms with Gasteiger partial charge in [-0.05, 0) is 6.07 Å². The summed E-state index contributed by atoms with van der Waals surface area (Å²) in [7, 11) is 0.565. The average molecular weight is 327 g/mol. The van der Waals surface area contributed by atoms with Crippen LogP contribution in [0.1, 0.15) is 16.8 Å². The molecule has 2 rings (SSSR count). The number of benzene rings is 1. The van der Waals surface area contributed by atoms with E-state index >= 15 is 0 Å². The van der Waals surface area contributed by atoms with Gasteiger partial charge in [-0.25, -0.2) is 22.0 Å². The summed E-state index contributed by atoms with van der Waals surface area (Å²) >= 11 is 0. The Morgan fingerprint density at radius 3 is 2.60 bits per heavy atom. The van der Waals surface area contributed by atoms with Crippen LogP contribution >= 0.6 is 10.7 Å². The van der Waals surface area contributed by atoms with Gasteiger partial charge in [0.15, 0.2) is 0 Å². The summed E-state index contributed by atoms with van der Waals surface area (Å²) in [5.74, 6) is -3.70. The zero-order valence-corrected chi connectivity index (χ0v) is 11.5. The molecule has 1 aliphatic heterocycles. The lowest BCUT2D eigenvalue weighted by Gasteiger charge is -2.11. The van der Waals surface area contributed by atoms with Crippen molar-refractivity contribution in [1.29, 1.82) is 0 Å². The van der Waals surface area contributed by atoms with E-state index in [-0.39, 0.29) is 12.7 Å². The molecule has 1 aromatic carbocycles. The Hall–Kier alpha value is -1.25. The van der Waals surface area contributed by atoms with Gasteiger partial charge < -0.3 is 9.47 Å². The molecule has 0 aliphatic carbocycles. The molecule has 0 bridgehead atoms. The fourth-order valence-corrected chi connectivity index (χ4v) is 2.60. The van der Waals surface area contributed by atoms with E-state index in [0.717, 1.165) is 0 Å². The largest absolute Gasteiger partial charge is 0.456 e. The van der Waals surface area contributed by atoms with Crippen molar-refractivity contribution in [3.8, 4) is 0 Å². The molecule has 0 spiro atoms. The highest BCUT2D eigenvalue weighted by molar-refractivity contribution is 8.13. The molecule has 0 amide bonds. The highest BCUT2D eigenvalue weighted by Crippen LogP contribution is 2.24. The fraction of sp³-hybridized carbons (Fsp3) is 0.364. The van der Waals surface area contributed by atoms with E-state index in [1.807, 2.05) is 0 Å². The van der Waals surface area contributed by atoms with Gasteiger partial charge in [0.2, 0.25) is 0 Å². The maximum atomic E-state index is 13.5. The van der Waals surface area contributed by atoms with Gasteiger partial charge in [0, 0.05) is 23.2 Å². The fourth-order valence-electron chi connectivity index (χ4n) is 1.69. The Morgan fingerprint density at radius 2 is 2.05 bits per heavy atom. The number of esters is 1. The molecule has 1 atom stereocenters. The Morgan fingerprint density at radius 1 is 1.35 bits per heavy atom. The summed E-state index contributed by atoms with van der Waals surface area (Å²) in [6.45, 7) is 0.584. The summed E-state index contributed by atoms with van der Waals surface area (Å²) in [5.41, 5.74) is -0.697. The normalized spacial score (nSPS) is 19.1. The van der Waals surface area contributed by atoms with Crippen LogP contribution in [-0.2, 0) is 18.5 Å². The van der Waals surface area contributed by atoms with E-state index in [1.165, 1.54) is 0 Å². The van der Waals surface area contributed by atoms with Crippen molar-refractivity contribution in [2.75, 3.05) is 13.2 Å². The van der Waals surface area contributed by atoms with Gasteiger partial charge in [0.05, 0.1) is 18.8 Å². The van der Waals surface area contributed by atoms with Crippen molar-refractivity contribution >= 4 is 25.7 Å². The van der Waals surface area contributed by atoms with Gasteiger partial charge in [0.1, 0.15) is 22.6 Å². The number of carbonyl (C=O) groups excluding carboxylic acids is 1. The second-order valence-corrected chi connectivity index (χ2v) is 6.63. The number of hydrogen-bond donors (Lipinski definition) is 0. The van der Waals surface area contributed by atoms with Gasteiger partial charge in [-0.2, -0.15) is 0 Å². The predicted octanol–water partition coefficient (Wildman–Crippen LogP) is 1.84. The number of ether oxygens (including phenoxy) is 2. The third kappa shape index (κ3) is 3.25. The van der Waals surface area contributed by atoms with E-state index in [1.54, 1.807) is 0 Å².